The fourth-order valence-corrected chi connectivity index (χ4v) is 7.85. The molecule has 0 amide bonds. The van der Waals surface area contributed by atoms with Crippen LogP contribution >= 0.6 is 0 Å². The first-order valence-electron chi connectivity index (χ1n) is 11.7. The van der Waals surface area contributed by atoms with E-state index >= 15 is 0 Å². The summed E-state index contributed by atoms with van der Waals surface area (Å²) in [4.78, 5) is 0. The van der Waals surface area contributed by atoms with Gasteiger partial charge in [0.15, 0.2) is 0 Å². The predicted molar refractivity (Wildman–Crippen MR) is 114 cm³/mol. The lowest BCUT2D eigenvalue weighted by Gasteiger charge is -2.55. The van der Waals surface area contributed by atoms with Crippen LogP contribution in [0.15, 0.2) is 23.3 Å². The summed E-state index contributed by atoms with van der Waals surface area (Å²) in [5.41, 5.74) is 3.49. The molecule has 0 saturated heterocycles. The standard InChI is InChI=1S/C25H40O4/c1-15(22(28)13-26)19-6-7-20-18-5-4-17-12-16(23(29)14-27)8-10-24(17,2)21(18)9-11-25(19,20)3/h4-5,15-16,19-23,26-29H,6-14H2,1-3H3/t15?,16?,19-,20+,21+,22?,23?,24-,25-/m1/s1. The minimum Gasteiger partial charge on any atom is -0.394 e. The van der Waals surface area contributed by atoms with E-state index in [1.807, 2.05) is 0 Å². The number of allylic oxidation sites excluding steroid dienone is 4. The van der Waals surface area contributed by atoms with Gasteiger partial charge in [0.2, 0.25) is 0 Å². The lowest BCUT2D eigenvalue weighted by Crippen LogP contribution is -2.47. The molecule has 4 heteroatoms. The zero-order valence-electron chi connectivity index (χ0n) is 18.3. The van der Waals surface area contributed by atoms with E-state index in [-0.39, 0.29) is 35.9 Å². The van der Waals surface area contributed by atoms with E-state index < -0.39 is 12.2 Å². The number of aliphatic hydroxyl groups is 4. The van der Waals surface area contributed by atoms with Crippen LogP contribution in [0.1, 0.15) is 65.7 Å². The number of fused-ring (bicyclic) bond motifs is 5. The Morgan fingerprint density at radius 3 is 2.41 bits per heavy atom. The normalized spacial score (nSPS) is 44.7. The zero-order chi connectivity index (χ0) is 21.0. The van der Waals surface area contributed by atoms with Gasteiger partial charge in [-0.1, -0.05) is 44.1 Å². The van der Waals surface area contributed by atoms with Crippen LogP contribution in [0, 0.1) is 40.4 Å². The molecule has 4 aliphatic carbocycles. The van der Waals surface area contributed by atoms with E-state index in [0.29, 0.717) is 17.8 Å². The van der Waals surface area contributed by atoms with E-state index in [2.05, 4.69) is 32.9 Å². The van der Waals surface area contributed by atoms with Crippen molar-refractivity contribution in [3.05, 3.63) is 23.3 Å². The summed E-state index contributed by atoms with van der Waals surface area (Å²) in [5.74, 6) is 1.94. The molecule has 0 aromatic rings. The number of hydrogen-bond donors (Lipinski definition) is 4. The van der Waals surface area contributed by atoms with Crippen molar-refractivity contribution in [1.82, 2.24) is 0 Å². The first kappa shape index (κ1) is 21.5. The van der Waals surface area contributed by atoms with Crippen LogP contribution in [0.2, 0.25) is 0 Å². The third-order valence-corrected chi connectivity index (χ3v) is 9.84. The van der Waals surface area contributed by atoms with Crippen molar-refractivity contribution >= 4 is 0 Å². The van der Waals surface area contributed by atoms with E-state index in [4.69, 9.17) is 0 Å². The average Bonchev–Trinajstić information content (AvgIpc) is 3.08. The van der Waals surface area contributed by atoms with Gasteiger partial charge in [-0.05, 0) is 85.4 Å². The van der Waals surface area contributed by atoms with Crippen molar-refractivity contribution in [3.63, 3.8) is 0 Å². The predicted octanol–water partition coefficient (Wildman–Crippen LogP) is 3.44. The molecule has 0 aromatic carbocycles. The van der Waals surface area contributed by atoms with Crippen LogP contribution in [0.5, 0.6) is 0 Å². The highest BCUT2D eigenvalue weighted by molar-refractivity contribution is 5.38. The summed E-state index contributed by atoms with van der Waals surface area (Å²) in [7, 11) is 0. The second kappa shape index (κ2) is 7.78. The van der Waals surface area contributed by atoms with Crippen molar-refractivity contribution < 1.29 is 20.4 Å². The minimum absolute atomic E-state index is 0.132. The molecule has 4 N–H and O–H groups in total. The van der Waals surface area contributed by atoms with Crippen molar-refractivity contribution in [3.8, 4) is 0 Å². The molecule has 4 aliphatic rings. The first-order valence-corrected chi connectivity index (χ1v) is 11.7. The zero-order valence-corrected chi connectivity index (χ0v) is 18.3. The minimum atomic E-state index is -0.620. The van der Waals surface area contributed by atoms with Gasteiger partial charge in [0.1, 0.15) is 0 Å². The Labute approximate surface area is 175 Å². The van der Waals surface area contributed by atoms with Crippen LogP contribution in [0.25, 0.3) is 0 Å². The lowest BCUT2D eigenvalue weighted by atomic mass is 9.49. The molecular weight excluding hydrogens is 364 g/mol. The van der Waals surface area contributed by atoms with Crippen LogP contribution < -0.4 is 0 Å². The molecule has 9 atom stereocenters. The molecule has 0 aliphatic heterocycles. The maximum absolute atomic E-state index is 10.3. The van der Waals surface area contributed by atoms with Gasteiger partial charge >= 0.3 is 0 Å². The van der Waals surface area contributed by atoms with Gasteiger partial charge in [0.05, 0.1) is 25.4 Å². The Morgan fingerprint density at radius 1 is 0.966 bits per heavy atom. The Morgan fingerprint density at radius 2 is 1.72 bits per heavy atom. The summed E-state index contributed by atoms with van der Waals surface area (Å²) >= 11 is 0. The Kier molecular flexibility index (Phi) is 5.78. The highest BCUT2D eigenvalue weighted by atomic mass is 16.3. The second-order valence-corrected chi connectivity index (χ2v) is 11.0. The molecule has 3 saturated carbocycles. The molecule has 0 spiro atoms. The molecule has 3 fully saturated rings. The van der Waals surface area contributed by atoms with Gasteiger partial charge in [-0.3, -0.25) is 0 Å². The van der Waals surface area contributed by atoms with E-state index in [9.17, 15) is 20.4 Å². The summed E-state index contributed by atoms with van der Waals surface area (Å²) < 4.78 is 0. The van der Waals surface area contributed by atoms with E-state index in [1.54, 1.807) is 5.57 Å². The van der Waals surface area contributed by atoms with Crippen LogP contribution in [0.4, 0.5) is 0 Å². The van der Waals surface area contributed by atoms with Gasteiger partial charge < -0.3 is 20.4 Å². The fraction of sp³-hybridized carbons (Fsp3) is 0.840. The third kappa shape index (κ3) is 3.26. The fourth-order valence-electron chi connectivity index (χ4n) is 7.85. The van der Waals surface area contributed by atoms with Gasteiger partial charge in [0.25, 0.3) is 0 Å². The monoisotopic (exact) mass is 404 g/mol. The second-order valence-electron chi connectivity index (χ2n) is 11.0. The van der Waals surface area contributed by atoms with Crippen molar-refractivity contribution in [2.45, 2.75) is 77.9 Å². The Hall–Kier alpha value is -0.680. The quantitative estimate of drug-likeness (QED) is 0.566. The Balaban J connectivity index is 1.61. The van der Waals surface area contributed by atoms with Crippen LogP contribution in [-0.2, 0) is 0 Å². The molecule has 0 bridgehead atoms. The summed E-state index contributed by atoms with van der Waals surface area (Å²) in [5, 5.41) is 39.3. The van der Waals surface area contributed by atoms with E-state index in [1.165, 1.54) is 24.8 Å². The maximum atomic E-state index is 10.3. The van der Waals surface area contributed by atoms with Crippen molar-refractivity contribution in [2.75, 3.05) is 13.2 Å². The van der Waals surface area contributed by atoms with Gasteiger partial charge in [-0.15, -0.1) is 0 Å². The van der Waals surface area contributed by atoms with E-state index in [0.717, 1.165) is 25.7 Å². The number of rotatable bonds is 5. The molecular formula is C25H40O4. The summed E-state index contributed by atoms with van der Waals surface area (Å²) in [6.07, 6.45) is 11.2. The average molecular weight is 405 g/mol. The molecule has 0 radical (unpaired) electrons. The summed E-state index contributed by atoms with van der Waals surface area (Å²) in [6, 6.07) is 0. The number of aliphatic hydroxyl groups excluding tert-OH is 4. The molecule has 164 valence electrons. The molecule has 4 unspecified atom stereocenters. The third-order valence-electron chi connectivity index (χ3n) is 9.84. The maximum Gasteiger partial charge on any atom is 0.0802 e. The highest BCUT2D eigenvalue weighted by Gasteiger charge is 2.57. The summed E-state index contributed by atoms with van der Waals surface area (Å²) in [6.45, 7) is 6.70. The Bertz CT molecular complexity index is 684. The topological polar surface area (TPSA) is 80.9 Å². The van der Waals surface area contributed by atoms with Gasteiger partial charge in [-0.2, -0.15) is 0 Å². The first-order chi connectivity index (χ1) is 13.8. The number of hydrogen-bond acceptors (Lipinski definition) is 4. The van der Waals surface area contributed by atoms with Gasteiger partial charge in [-0.25, -0.2) is 0 Å². The SMILES string of the molecule is CC(C(O)CO)[C@H]1CC[C@H]2C3=CC=C4CC(C(O)CO)CC[C@@]4(C)[C@H]3CC[C@]12C. The molecule has 0 aromatic heterocycles. The lowest BCUT2D eigenvalue weighted by molar-refractivity contribution is -0.0200. The van der Waals surface area contributed by atoms with Crippen LogP contribution in [0.3, 0.4) is 0 Å². The molecule has 0 heterocycles. The molecule has 4 nitrogen and oxygen atoms in total. The van der Waals surface area contributed by atoms with Crippen molar-refractivity contribution in [1.29, 1.82) is 0 Å². The van der Waals surface area contributed by atoms with Crippen molar-refractivity contribution in [2.24, 2.45) is 40.4 Å². The largest absolute Gasteiger partial charge is 0.394 e. The highest BCUT2D eigenvalue weighted by Crippen LogP contribution is 2.66. The van der Waals surface area contributed by atoms with Gasteiger partial charge in [0, 0.05) is 0 Å². The molecule has 29 heavy (non-hydrogen) atoms. The van der Waals surface area contributed by atoms with Crippen LogP contribution in [-0.4, -0.2) is 45.8 Å². The smallest absolute Gasteiger partial charge is 0.0802 e. The molecule has 4 rings (SSSR count).